The van der Waals surface area contributed by atoms with Gasteiger partial charge in [-0.1, -0.05) is 18.0 Å². The summed E-state index contributed by atoms with van der Waals surface area (Å²) in [6, 6.07) is 5.50. The minimum atomic E-state index is -0.646. The molecule has 2 heterocycles. The second kappa shape index (κ2) is 4.72. The van der Waals surface area contributed by atoms with Crippen molar-refractivity contribution in [1.29, 1.82) is 0 Å². The molecule has 22 heavy (non-hydrogen) atoms. The molecular weight excluding hydrogens is 302 g/mol. The lowest BCUT2D eigenvalue weighted by Crippen LogP contribution is -2.69. The van der Waals surface area contributed by atoms with Gasteiger partial charge in [-0.2, -0.15) is 0 Å². The van der Waals surface area contributed by atoms with Gasteiger partial charge in [-0.3, -0.25) is 9.59 Å². The highest BCUT2D eigenvalue weighted by molar-refractivity contribution is 6.30. The lowest BCUT2D eigenvalue weighted by atomic mass is 9.61. The molecule has 4 nitrogen and oxygen atoms in total. The van der Waals surface area contributed by atoms with E-state index in [1.54, 1.807) is 6.07 Å². The zero-order valence-corrected chi connectivity index (χ0v) is 13.2. The first-order chi connectivity index (χ1) is 10.5. The molecule has 5 heteroatoms. The quantitative estimate of drug-likeness (QED) is 0.809. The van der Waals surface area contributed by atoms with Crippen molar-refractivity contribution in [3.63, 3.8) is 0 Å². The molecule has 0 spiro atoms. The molecule has 4 atom stereocenters. The second-order valence-electron chi connectivity index (χ2n) is 6.63. The standard InChI is InChI=1S/C17H18ClNO3/c1-9(20)14-15-11-8-10(18)5-6-13(11)22-17(19-16(14)21)7-3-2-4-12(15)17/h5-6,8,12,14-15H,2-4,7H2,1H3,(H,19,21)/t12-,14-,15-,17+/m0/s1. The van der Waals surface area contributed by atoms with Crippen LogP contribution in [0.1, 0.15) is 44.1 Å². The number of carbonyl (C=O) groups is 2. The molecule has 1 aromatic rings. The Balaban J connectivity index is 1.93. The highest BCUT2D eigenvalue weighted by Crippen LogP contribution is 2.55. The lowest BCUT2D eigenvalue weighted by Gasteiger charge is -2.56. The Morgan fingerprint density at radius 3 is 3.00 bits per heavy atom. The van der Waals surface area contributed by atoms with Crippen LogP contribution in [0.3, 0.4) is 0 Å². The Morgan fingerprint density at radius 1 is 1.41 bits per heavy atom. The third kappa shape index (κ3) is 1.83. The van der Waals surface area contributed by atoms with Gasteiger partial charge in [0.1, 0.15) is 17.5 Å². The van der Waals surface area contributed by atoms with Gasteiger partial charge in [0.2, 0.25) is 5.91 Å². The van der Waals surface area contributed by atoms with Gasteiger partial charge >= 0.3 is 0 Å². The average molecular weight is 320 g/mol. The van der Waals surface area contributed by atoms with E-state index in [1.165, 1.54) is 6.92 Å². The summed E-state index contributed by atoms with van der Waals surface area (Å²) in [5.41, 5.74) is 0.261. The summed E-state index contributed by atoms with van der Waals surface area (Å²) in [5.74, 6) is -0.181. The number of nitrogens with one attached hydrogen (secondary N) is 1. The van der Waals surface area contributed by atoms with Crippen LogP contribution < -0.4 is 10.1 Å². The number of rotatable bonds is 1. The van der Waals surface area contributed by atoms with E-state index in [0.29, 0.717) is 5.02 Å². The molecule has 3 aliphatic rings. The van der Waals surface area contributed by atoms with E-state index in [2.05, 4.69) is 5.32 Å². The van der Waals surface area contributed by atoms with Gasteiger partial charge in [-0.15, -0.1) is 0 Å². The fourth-order valence-electron chi connectivity index (χ4n) is 4.53. The number of hydrogen-bond donors (Lipinski definition) is 1. The third-order valence-electron chi connectivity index (χ3n) is 5.38. The number of fused-ring (bicyclic) bond motifs is 2. The molecular formula is C17H18ClNO3. The molecule has 1 amide bonds. The molecule has 1 aromatic carbocycles. The van der Waals surface area contributed by atoms with Crippen molar-refractivity contribution >= 4 is 23.3 Å². The van der Waals surface area contributed by atoms with Crippen LogP contribution in [0.4, 0.5) is 0 Å². The number of halogens is 1. The SMILES string of the molecule is CC(=O)[C@@H]1C(=O)N[C@@]23CCCC[C@H]2[C@@H]1c1cc(Cl)ccc1O3. The highest BCUT2D eigenvalue weighted by atomic mass is 35.5. The molecule has 2 bridgehead atoms. The molecule has 1 saturated carbocycles. The number of Topliss-reactive ketones (excluding diaryl/α,β-unsaturated/α-hetero) is 1. The first kappa shape index (κ1) is 14.1. The molecule has 1 saturated heterocycles. The normalized spacial score (nSPS) is 35.7. The zero-order chi connectivity index (χ0) is 15.5. The second-order valence-corrected chi connectivity index (χ2v) is 7.07. The highest BCUT2D eigenvalue weighted by Gasteiger charge is 2.60. The Morgan fingerprint density at radius 2 is 2.23 bits per heavy atom. The Hall–Kier alpha value is -1.55. The lowest BCUT2D eigenvalue weighted by molar-refractivity contribution is -0.160. The summed E-state index contributed by atoms with van der Waals surface area (Å²) >= 11 is 6.15. The van der Waals surface area contributed by atoms with Gasteiger partial charge in [-0.05, 0) is 38.0 Å². The number of benzene rings is 1. The summed E-state index contributed by atoms with van der Waals surface area (Å²) < 4.78 is 6.25. The maximum atomic E-state index is 12.5. The molecule has 2 aliphatic heterocycles. The van der Waals surface area contributed by atoms with Crippen molar-refractivity contribution < 1.29 is 14.3 Å². The Kier molecular flexibility index (Phi) is 3.02. The molecule has 1 N–H and O–H groups in total. The van der Waals surface area contributed by atoms with Crippen LogP contribution in [0.5, 0.6) is 5.75 Å². The van der Waals surface area contributed by atoms with Gasteiger partial charge in [0.15, 0.2) is 5.72 Å². The van der Waals surface area contributed by atoms with Crippen LogP contribution in [-0.2, 0) is 9.59 Å². The van der Waals surface area contributed by atoms with E-state index in [1.807, 2.05) is 12.1 Å². The Labute approximate surface area is 134 Å². The average Bonchev–Trinajstić information content (AvgIpc) is 2.46. The van der Waals surface area contributed by atoms with Crippen molar-refractivity contribution in [1.82, 2.24) is 5.32 Å². The van der Waals surface area contributed by atoms with Crippen molar-refractivity contribution in [2.75, 3.05) is 0 Å². The summed E-state index contributed by atoms with van der Waals surface area (Å²) in [6.45, 7) is 1.50. The monoisotopic (exact) mass is 319 g/mol. The van der Waals surface area contributed by atoms with Crippen molar-refractivity contribution in [3.8, 4) is 5.75 Å². The van der Waals surface area contributed by atoms with Crippen LogP contribution in [-0.4, -0.2) is 17.4 Å². The number of ether oxygens (including phenoxy) is 1. The first-order valence-electron chi connectivity index (χ1n) is 7.83. The first-order valence-corrected chi connectivity index (χ1v) is 8.20. The van der Waals surface area contributed by atoms with Crippen LogP contribution >= 0.6 is 11.6 Å². The molecule has 0 aromatic heterocycles. The fraction of sp³-hybridized carbons (Fsp3) is 0.529. The van der Waals surface area contributed by atoms with E-state index < -0.39 is 11.6 Å². The molecule has 0 unspecified atom stereocenters. The minimum absolute atomic E-state index is 0.0884. The number of piperidine rings is 1. The van der Waals surface area contributed by atoms with Gasteiger partial charge in [0.05, 0.1) is 0 Å². The maximum absolute atomic E-state index is 12.5. The van der Waals surface area contributed by atoms with Gasteiger partial charge in [-0.25, -0.2) is 0 Å². The third-order valence-corrected chi connectivity index (χ3v) is 5.62. The van der Waals surface area contributed by atoms with Crippen LogP contribution in [0, 0.1) is 11.8 Å². The number of carbonyl (C=O) groups excluding carboxylic acids is 2. The summed E-state index contributed by atoms with van der Waals surface area (Å²) in [6.07, 6.45) is 3.88. The molecule has 2 fully saturated rings. The number of hydrogen-bond acceptors (Lipinski definition) is 3. The fourth-order valence-corrected chi connectivity index (χ4v) is 4.71. The topological polar surface area (TPSA) is 55.4 Å². The summed E-state index contributed by atoms with van der Waals surface area (Å²) in [5, 5.41) is 3.65. The van der Waals surface area contributed by atoms with Gasteiger partial charge in [0, 0.05) is 28.8 Å². The van der Waals surface area contributed by atoms with Crippen molar-refractivity contribution in [2.45, 2.75) is 44.2 Å². The zero-order valence-electron chi connectivity index (χ0n) is 12.4. The van der Waals surface area contributed by atoms with Crippen LogP contribution in [0.2, 0.25) is 5.02 Å². The predicted molar refractivity (Wildman–Crippen MR) is 81.8 cm³/mol. The van der Waals surface area contributed by atoms with Crippen LogP contribution in [0.25, 0.3) is 0 Å². The van der Waals surface area contributed by atoms with Crippen molar-refractivity contribution in [3.05, 3.63) is 28.8 Å². The van der Waals surface area contributed by atoms with Gasteiger partial charge in [0.25, 0.3) is 0 Å². The summed E-state index contributed by atoms with van der Waals surface area (Å²) in [7, 11) is 0. The number of amides is 1. The van der Waals surface area contributed by atoms with E-state index >= 15 is 0 Å². The molecule has 116 valence electrons. The molecule has 4 rings (SSSR count). The van der Waals surface area contributed by atoms with E-state index in [-0.39, 0.29) is 23.5 Å². The molecule has 1 aliphatic carbocycles. The van der Waals surface area contributed by atoms with E-state index in [4.69, 9.17) is 16.3 Å². The number of ketones is 1. The van der Waals surface area contributed by atoms with Crippen molar-refractivity contribution in [2.24, 2.45) is 11.8 Å². The minimum Gasteiger partial charge on any atom is -0.467 e. The smallest absolute Gasteiger partial charge is 0.234 e. The van der Waals surface area contributed by atoms with Crippen LogP contribution in [0.15, 0.2) is 18.2 Å². The Bertz CT molecular complexity index is 674. The summed E-state index contributed by atoms with van der Waals surface area (Å²) in [4.78, 5) is 24.7. The maximum Gasteiger partial charge on any atom is 0.234 e. The van der Waals surface area contributed by atoms with E-state index in [0.717, 1.165) is 37.0 Å². The predicted octanol–water partition coefficient (Wildman–Crippen LogP) is 3.04. The van der Waals surface area contributed by atoms with Gasteiger partial charge < -0.3 is 10.1 Å². The molecule has 0 radical (unpaired) electrons. The largest absolute Gasteiger partial charge is 0.467 e. The van der Waals surface area contributed by atoms with E-state index in [9.17, 15) is 9.59 Å².